The monoisotopic (exact) mass is 327 g/mol. The van der Waals surface area contributed by atoms with Gasteiger partial charge in [0.2, 0.25) is 0 Å². The summed E-state index contributed by atoms with van der Waals surface area (Å²) in [5.74, 6) is 0.488. The van der Waals surface area contributed by atoms with E-state index in [-0.39, 0.29) is 11.8 Å². The number of carbonyl (C=O) groups is 2. The van der Waals surface area contributed by atoms with Gasteiger partial charge in [0.05, 0.1) is 10.7 Å². The van der Waals surface area contributed by atoms with E-state index in [0.29, 0.717) is 22.2 Å². The predicted octanol–water partition coefficient (Wildman–Crippen LogP) is 4.18. The van der Waals surface area contributed by atoms with Crippen molar-refractivity contribution in [3.8, 4) is 11.5 Å². The highest BCUT2D eigenvalue weighted by molar-refractivity contribution is 6.32. The fourth-order valence-corrected chi connectivity index (χ4v) is 2.78. The van der Waals surface area contributed by atoms with Crippen molar-refractivity contribution in [2.75, 3.05) is 4.90 Å². The first-order valence-corrected chi connectivity index (χ1v) is 7.45. The summed E-state index contributed by atoms with van der Waals surface area (Å²) in [7, 11) is 0. The quantitative estimate of drug-likeness (QED) is 0.794. The summed E-state index contributed by atoms with van der Waals surface area (Å²) in [4.78, 5) is 24.9. The van der Waals surface area contributed by atoms with Gasteiger partial charge < -0.3 is 4.74 Å². The summed E-state index contributed by atoms with van der Waals surface area (Å²) in [5.41, 5.74) is 2.14. The molecule has 0 fully saturated rings. The zero-order chi connectivity index (χ0) is 16.6. The van der Waals surface area contributed by atoms with Gasteiger partial charge in [-0.25, -0.2) is 4.90 Å². The van der Waals surface area contributed by atoms with E-state index in [0.717, 1.165) is 11.1 Å². The minimum absolute atomic E-state index is 0.332. The van der Waals surface area contributed by atoms with Crippen molar-refractivity contribution >= 4 is 29.1 Å². The van der Waals surface area contributed by atoms with Crippen LogP contribution in [0.3, 0.4) is 0 Å². The number of anilines is 1. The van der Waals surface area contributed by atoms with E-state index >= 15 is 0 Å². The lowest BCUT2D eigenvalue weighted by molar-refractivity contribution is -0.120. The average Bonchev–Trinajstić information content (AvgIpc) is 2.81. The molecule has 0 spiro atoms. The third-order valence-corrected chi connectivity index (χ3v) is 3.87. The molecule has 5 heteroatoms. The fourth-order valence-electron chi connectivity index (χ4n) is 2.60. The summed E-state index contributed by atoms with van der Waals surface area (Å²) in [6, 6.07) is 10.8. The van der Waals surface area contributed by atoms with Gasteiger partial charge in [0.25, 0.3) is 11.8 Å². The molecule has 0 aliphatic carbocycles. The van der Waals surface area contributed by atoms with E-state index in [9.17, 15) is 9.59 Å². The fraction of sp³-hybridized carbons (Fsp3) is 0.111. The number of rotatable bonds is 3. The lowest BCUT2D eigenvalue weighted by atomic mass is 10.1. The second-order valence-corrected chi connectivity index (χ2v) is 5.69. The van der Waals surface area contributed by atoms with Gasteiger partial charge in [0.1, 0.15) is 11.5 Å². The minimum atomic E-state index is -0.332. The van der Waals surface area contributed by atoms with Crippen LogP contribution in [0.4, 0.5) is 5.69 Å². The largest absolute Gasteiger partial charge is 0.456 e. The highest BCUT2D eigenvalue weighted by Gasteiger charge is 2.28. The van der Waals surface area contributed by atoms with Crippen LogP contribution in [0, 0.1) is 13.8 Å². The molecular weight excluding hydrogens is 314 g/mol. The highest BCUT2D eigenvalue weighted by atomic mass is 35.5. The third kappa shape index (κ3) is 2.85. The number of aryl methyl sites for hydroxylation is 2. The van der Waals surface area contributed by atoms with Gasteiger partial charge in [-0.1, -0.05) is 23.7 Å². The molecule has 0 saturated heterocycles. The Morgan fingerprint density at radius 3 is 2.09 bits per heavy atom. The number of carbonyl (C=O) groups excluding carboxylic acids is 2. The summed E-state index contributed by atoms with van der Waals surface area (Å²) in [6.07, 6.45) is 2.55. The number of nitrogens with zero attached hydrogens (tertiary/aromatic N) is 1. The Labute approximate surface area is 138 Å². The Bertz CT molecular complexity index is 801. The molecule has 0 bridgehead atoms. The summed E-state index contributed by atoms with van der Waals surface area (Å²) in [6.45, 7) is 3.67. The van der Waals surface area contributed by atoms with Gasteiger partial charge in [0, 0.05) is 12.2 Å². The lowest BCUT2D eigenvalue weighted by Gasteiger charge is -2.20. The van der Waals surface area contributed by atoms with Crippen LogP contribution >= 0.6 is 11.6 Å². The van der Waals surface area contributed by atoms with Crippen LogP contribution in [0.1, 0.15) is 11.1 Å². The number of hydrogen-bond acceptors (Lipinski definition) is 3. The Morgan fingerprint density at radius 1 is 0.957 bits per heavy atom. The SMILES string of the molecule is Cc1cc(Oc2ccccc2Cl)cc(C)c1N1C(=O)C=CC1=O. The normalized spacial score (nSPS) is 13.8. The number of amides is 2. The Balaban J connectivity index is 1.97. The summed E-state index contributed by atoms with van der Waals surface area (Å²) in [5, 5.41) is 0.515. The molecule has 0 aromatic heterocycles. The van der Waals surface area contributed by atoms with Gasteiger partial charge in [-0.3, -0.25) is 9.59 Å². The van der Waals surface area contributed by atoms with E-state index in [1.54, 1.807) is 24.3 Å². The molecule has 116 valence electrons. The molecular formula is C18H14ClNO3. The van der Waals surface area contributed by atoms with Crippen LogP contribution in [0.15, 0.2) is 48.6 Å². The number of para-hydroxylation sites is 1. The molecule has 0 atom stereocenters. The van der Waals surface area contributed by atoms with Gasteiger partial charge >= 0.3 is 0 Å². The molecule has 4 nitrogen and oxygen atoms in total. The number of ether oxygens (including phenoxy) is 1. The maximum atomic E-state index is 11.9. The molecule has 1 aliphatic rings. The van der Waals surface area contributed by atoms with E-state index < -0.39 is 0 Å². The van der Waals surface area contributed by atoms with E-state index in [1.165, 1.54) is 17.1 Å². The zero-order valence-corrected chi connectivity index (χ0v) is 13.4. The van der Waals surface area contributed by atoms with Crippen molar-refractivity contribution in [1.29, 1.82) is 0 Å². The maximum Gasteiger partial charge on any atom is 0.258 e. The molecule has 3 rings (SSSR count). The van der Waals surface area contributed by atoms with E-state index in [4.69, 9.17) is 16.3 Å². The minimum Gasteiger partial charge on any atom is -0.456 e. The number of halogens is 1. The summed E-state index contributed by atoms with van der Waals surface area (Å²) >= 11 is 6.10. The maximum absolute atomic E-state index is 11.9. The van der Waals surface area contributed by atoms with Crippen LogP contribution in [0.25, 0.3) is 0 Å². The smallest absolute Gasteiger partial charge is 0.258 e. The topological polar surface area (TPSA) is 46.6 Å². The van der Waals surface area contributed by atoms with Gasteiger partial charge in [-0.15, -0.1) is 0 Å². The van der Waals surface area contributed by atoms with E-state index in [1.807, 2.05) is 26.0 Å². The number of hydrogen-bond donors (Lipinski definition) is 0. The van der Waals surface area contributed by atoms with Crippen molar-refractivity contribution in [1.82, 2.24) is 0 Å². The van der Waals surface area contributed by atoms with Crippen LogP contribution < -0.4 is 9.64 Å². The zero-order valence-electron chi connectivity index (χ0n) is 12.7. The second kappa shape index (κ2) is 5.89. The predicted molar refractivity (Wildman–Crippen MR) is 89.1 cm³/mol. The molecule has 0 saturated carbocycles. The Hall–Kier alpha value is -2.59. The van der Waals surface area contributed by atoms with Gasteiger partial charge in [-0.2, -0.15) is 0 Å². The van der Waals surface area contributed by atoms with Crippen molar-refractivity contribution in [3.05, 3.63) is 64.7 Å². The number of benzene rings is 2. The molecule has 23 heavy (non-hydrogen) atoms. The summed E-state index contributed by atoms with van der Waals surface area (Å²) < 4.78 is 5.81. The van der Waals surface area contributed by atoms with Crippen molar-refractivity contribution in [2.24, 2.45) is 0 Å². The number of imide groups is 1. The molecule has 2 aromatic carbocycles. The first-order chi connectivity index (χ1) is 11.0. The molecule has 0 radical (unpaired) electrons. The Kier molecular flexibility index (Phi) is 3.92. The van der Waals surface area contributed by atoms with Crippen LogP contribution in [-0.2, 0) is 9.59 Å². The van der Waals surface area contributed by atoms with Crippen molar-refractivity contribution in [2.45, 2.75) is 13.8 Å². The first-order valence-electron chi connectivity index (χ1n) is 7.07. The second-order valence-electron chi connectivity index (χ2n) is 5.28. The molecule has 0 N–H and O–H groups in total. The molecule has 2 aromatic rings. The first kappa shape index (κ1) is 15.3. The lowest BCUT2D eigenvalue weighted by Crippen LogP contribution is -2.30. The van der Waals surface area contributed by atoms with E-state index in [2.05, 4.69) is 0 Å². The van der Waals surface area contributed by atoms with Crippen LogP contribution in [0.5, 0.6) is 11.5 Å². The van der Waals surface area contributed by atoms with Crippen molar-refractivity contribution in [3.63, 3.8) is 0 Å². The average molecular weight is 328 g/mol. The highest BCUT2D eigenvalue weighted by Crippen LogP contribution is 2.35. The molecule has 0 unspecified atom stereocenters. The molecule has 1 heterocycles. The van der Waals surface area contributed by atoms with Crippen LogP contribution in [0.2, 0.25) is 5.02 Å². The van der Waals surface area contributed by atoms with Gasteiger partial charge in [0.15, 0.2) is 0 Å². The Morgan fingerprint density at radius 2 is 1.52 bits per heavy atom. The third-order valence-electron chi connectivity index (χ3n) is 3.56. The standard InChI is InChI=1S/C18H14ClNO3/c1-11-9-13(23-15-6-4-3-5-14(15)19)10-12(2)18(11)20-16(21)7-8-17(20)22/h3-10H,1-2H3. The van der Waals surface area contributed by atoms with Gasteiger partial charge in [-0.05, 0) is 49.2 Å². The molecule has 1 aliphatic heterocycles. The molecule has 2 amide bonds. The van der Waals surface area contributed by atoms with Crippen LogP contribution in [-0.4, -0.2) is 11.8 Å². The van der Waals surface area contributed by atoms with Crippen molar-refractivity contribution < 1.29 is 14.3 Å².